The predicted octanol–water partition coefficient (Wildman–Crippen LogP) is 3.27. The first-order valence-electron chi connectivity index (χ1n) is 8.54. The Balaban J connectivity index is 2.19. The Kier molecular flexibility index (Phi) is 7.53. The van der Waals surface area contributed by atoms with Crippen molar-refractivity contribution in [1.82, 2.24) is 5.48 Å². The summed E-state index contributed by atoms with van der Waals surface area (Å²) < 4.78 is 10.5. The number of hydroxylamine groups is 1. The van der Waals surface area contributed by atoms with Gasteiger partial charge in [0.2, 0.25) is 0 Å². The number of hydrogen-bond acceptors (Lipinski definition) is 7. The second-order valence-electron chi connectivity index (χ2n) is 6.02. The van der Waals surface area contributed by atoms with Crippen molar-refractivity contribution in [3.63, 3.8) is 0 Å². The van der Waals surface area contributed by atoms with E-state index in [1.54, 1.807) is 39.5 Å². The lowest BCUT2D eigenvalue weighted by Gasteiger charge is -2.12. The van der Waals surface area contributed by atoms with Crippen LogP contribution >= 0.6 is 0 Å². The van der Waals surface area contributed by atoms with Crippen molar-refractivity contribution in [3.05, 3.63) is 48.0 Å². The maximum atomic E-state index is 9.40. The third-order valence-corrected chi connectivity index (χ3v) is 3.90. The molecule has 8 heteroatoms. The zero-order valence-corrected chi connectivity index (χ0v) is 16.7. The first kappa shape index (κ1) is 20.9. The molecule has 0 aromatic heterocycles. The van der Waals surface area contributed by atoms with Gasteiger partial charge >= 0.3 is 0 Å². The van der Waals surface area contributed by atoms with Crippen LogP contribution in [0, 0.1) is 0 Å². The van der Waals surface area contributed by atoms with E-state index < -0.39 is 0 Å². The van der Waals surface area contributed by atoms with Crippen LogP contribution in [0.5, 0.6) is 11.5 Å². The van der Waals surface area contributed by atoms with E-state index in [-0.39, 0.29) is 5.84 Å². The summed E-state index contributed by atoms with van der Waals surface area (Å²) in [6.07, 6.45) is 1.56. The average Bonchev–Trinajstić information content (AvgIpc) is 2.72. The number of aliphatic imine (C=N–C) groups is 1. The van der Waals surface area contributed by atoms with Gasteiger partial charge in [-0.05, 0) is 43.3 Å². The third kappa shape index (κ3) is 5.55. The number of rotatable bonds is 7. The number of nitrogens with zero attached hydrogens (tertiary/aromatic N) is 4. The Bertz CT molecular complexity index is 874. The van der Waals surface area contributed by atoms with Gasteiger partial charge in [0.15, 0.2) is 5.84 Å². The van der Waals surface area contributed by atoms with Gasteiger partial charge < -0.3 is 14.4 Å². The normalized spacial score (nSPS) is 12.2. The van der Waals surface area contributed by atoms with E-state index in [1.807, 2.05) is 49.3 Å². The molecule has 28 heavy (non-hydrogen) atoms. The molecule has 0 saturated carbocycles. The van der Waals surface area contributed by atoms with Crippen molar-refractivity contribution in [3.8, 4) is 11.5 Å². The summed E-state index contributed by atoms with van der Waals surface area (Å²) in [7, 11) is 7.09. The van der Waals surface area contributed by atoms with Crippen LogP contribution < -0.4 is 19.9 Å². The van der Waals surface area contributed by atoms with Gasteiger partial charge in [0, 0.05) is 31.4 Å². The quantitative estimate of drug-likeness (QED) is 0.435. The number of nitrogens with one attached hydrogen (secondary N) is 1. The fourth-order valence-electron chi connectivity index (χ4n) is 2.29. The molecule has 8 nitrogen and oxygen atoms in total. The molecule has 0 heterocycles. The highest BCUT2D eigenvalue weighted by molar-refractivity contribution is 6.40. The first-order valence-corrected chi connectivity index (χ1v) is 8.54. The molecule has 0 saturated heterocycles. The molecule has 0 unspecified atom stereocenters. The number of ether oxygens (including phenoxy) is 2. The van der Waals surface area contributed by atoms with E-state index in [2.05, 4.69) is 20.7 Å². The van der Waals surface area contributed by atoms with Crippen molar-refractivity contribution in [2.75, 3.05) is 33.2 Å². The molecule has 2 aromatic rings. The van der Waals surface area contributed by atoms with Gasteiger partial charge in [-0.2, -0.15) is 10.2 Å². The van der Waals surface area contributed by atoms with Crippen LogP contribution in [0.1, 0.15) is 12.5 Å². The highest BCUT2D eigenvalue weighted by atomic mass is 16.5. The van der Waals surface area contributed by atoms with E-state index in [9.17, 15) is 5.21 Å². The molecule has 0 bridgehead atoms. The predicted molar refractivity (Wildman–Crippen MR) is 113 cm³/mol. The third-order valence-electron chi connectivity index (χ3n) is 3.90. The molecule has 2 N–H and O–H groups in total. The summed E-state index contributed by atoms with van der Waals surface area (Å²) in [4.78, 5) is 6.34. The topological polar surface area (TPSA) is 91.0 Å². The largest absolute Gasteiger partial charge is 0.497 e. The number of benzene rings is 2. The maximum Gasteiger partial charge on any atom is 0.173 e. The van der Waals surface area contributed by atoms with E-state index in [0.717, 1.165) is 11.3 Å². The van der Waals surface area contributed by atoms with Gasteiger partial charge in [-0.25, -0.2) is 4.99 Å². The molecule has 2 aromatic carbocycles. The lowest BCUT2D eigenvalue weighted by molar-refractivity contribution is 0.236. The zero-order chi connectivity index (χ0) is 20.5. The molecule has 0 atom stereocenters. The van der Waals surface area contributed by atoms with Crippen molar-refractivity contribution in [1.29, 1.82) is 0 Å². The SMILES string of the molecule is COc1ccc(/C=N/N=C(\C)C(=Nc2ccc(N(C)C)cc2)NO)c(OC)c1. The summed E-state index contributed by atoms with van der Waals surface area (Å²) in [5.41, 5.74) is 4.97. The van der Waals surface area contributed by atoms with Gasteiger partial charge in [0.25, 0.3) is 0 Å². The minimum Gasteiger partial charge on any atom is -0.497 e. The first-order chi connectivity index (χ1) is 13.5. The Morgan fingerprint density at radius 3 is 2.36 bits per heavy atom. The molecule has 0 aliphatic rings. The molecular formula is C20H25N5O3. The Hall–Kier alpha value is -3.39. The lowest BCUT2D eigenvalue weighted by atomic mass is 10.2. The maximum absolute atomic E-state index is 9.40. The van der Waals surface area contributed by atoms with Crippen LogP contribution in [0.3, 0.4) is 0 Å². The number of amidine groups is 1. The number of hydrogen-bond donors (Lipinski definition) is 2. The molecule has 2 rings (SSSR count). The lowest BCUT2D eigenvalue weighted by Crippen LogP contribution is -2.26. The molecule has 0 amide bonds. The van der Waals surface area contributed by atoms with Gasteiger partial charge in [-0.1, -0.05) is 0 Å². The van der Waals surface area contributed by atoms with Crippen LogP contribution in [0.15, 0.2) is 57.7 Å². The average molecular weight is 383 g/mol. The minimum absolute atomic E-state index is 0.205. The summed E-state index contributed by atoms with van der Waals surface area (Å²) in [5.74, 6) is 1.51. The summed E-state index contributed by atoms with van der Waals surface area (Å²) >= 11 is 0. The minimum atomic E-state index is 0.205. The van der Waals surface area contributed by atoms with Gasteiger partial charge in [-0.15, -0.1) is 0 Å². The zero-order valence-electron chi connectivity index (χ0n) is 16.7. The second kappa shape index (κ2) is 10.1. The van der Waals surface area contributed by atoms with E-state index in [1.165, 1.54) is 0 Å². The van der Waals surface area contributed by atoms with Gasteiger partial charge in [0.05, 0.1) is 26.1 Å². The van der Waals surface area contributed by atoms with E-state index >= 15 is 0 Å². The number of anilines is 1. The van der Waals surface area contributed by atoms with Crippen LogP contribution in [-0.2, 0) is 0 Å². The molecule has 0 fully saturated rings. The van der Waals surface area contributed by atoms with Crippen molar-refractivity contribution < 1.29 is 14.7 Å². The van der Waals surface area contributed by atoms with E-state index in [0.29, 0.717) is 22.9 Å². The van der Waals surface area contributed by atoms with Crippen LogP contribution in [0.2, 0.25) is 0 Å². The Morgan fingerprint density at radius 2 is 1.79 bits per heavy atom. The van der Waals surface area contributed by atoms with Gasteiger partial charge in [-0.3, -0.25) is 10.7 Å². The monoisotopic (exact) mass is 383 g/mol. The molecule has 0 radical (unpaired) electrons. The van der Waals surface area contributed by atoms with Crippen molar-refractivity contribution in [2.45, 2.75) is 6.92 Å². The standard InChI is InChI=1S/C20H25N5O3/c1-14(20(24-26)22-16-7-9-17(10-8-16)25(2)3)23-21-13-15-6-11-18(27-4)12-19(15)28-5/h6-13,26H,1-5H3,(H,22,24)/b21-13+,23-14+. The van der Waals surface area contributed by atoms with Crippen LogP contribution in [-0.4, -0.2) is 51.3 Å². The Morgan fingerprint density at radius 1 is 1.07 bits per heavy atom. The molecule has 0 spiro atoms. The van der Waals surface area contributed by atoms with Crippen LogP contribution in [0.4, 0.5) is 11.4 Å². The smallest absolute Gasteiger partial charge is 0.173 e. The molecule has 0 aliphatic carbocycles. The van der Waals surface area contributed by atoms with Crippen molar-refractivity contribution in [2.24, 2.45) is 15.2 Å². The summed E-state index contributed by atoms with van der Waals surface area (Å²) in [6.45, 7) is 1.69. The fourth-order valence-corrected chi connectivity index (χ4v) is 2.29. The van der Waals surface area contributed by atoms with Gasteiger partial charge in [0.1, 0.15) is 17.2 Å². The highest BCUT2D eigenvalue weighted by Crippen LogP contribution is 2.23. The molecule has 0 aliphatic heterocycles. The summed E-state index contributed by atoms with van der Waals surface area (Å²) in [5, 5.41) is 17.5. The fraction of sp³-hybridized carbons (Fsp3) is 0.250. The Labute approximate surface area is 164 Å². The summed E-state index contributed by atoms with van der Waals surface area (Å²) in [6, 6.07) is 13.0. The second-order valence-corrected chi connectivity index (χ2v) is 6.02. The highest BCUT2D eigenvalue weighted by Gasteiger charge is 2.05. The van der Waals surface area contributed by atoms with E-state index in [4.69, 9.17) is 9.47 Å². The van der Waals surface area contributed by atoms with Crippen molar-refractivity contribution >= 4 is 29.1 Å². The molecule has 148 valence electrons. The molecular weight excluding hydrogens is 358 g/mol. The van der Waals surface area contributed by atoms with Crippen LogP contribution in [0.25, 0.3) is 0 Å². The number of methoxy groups -OCH3 is 2.